The predicted octanol–water partition coefficient (Wildman–Crippen LogP) is 3.45. The minimum Gasteiger partial charge on any atom is -0.366 e. The summed E-state index contributed by atoms with van der Waals surface area (Å²) >= 11 is 0. The normalized spacial score (nSPS) is 12.1. The average Bonchev–Trinajstić information content (AvgIpc) is 3.00. The second kappa shape index (κ2) is 9.15. The number of hydrogen-bond acceptors (Lipinski definition) is 3. The van der Waals surface area contributed by atoms with Gasteiger partial charge in [0.25, 0.3) is 0 Å². The first-order valence-corrected chi connectivity index (χ1v) is 10.2. The molecular formula is C22H24F4N4O2. The molecule has 0 aliphatic heterocycles. The highest BCUT2D eigenvalue weighted by molar-refractivity contribution is 5.97. The van der Waals surface area contributed by atoms with E-state index in [2.05, 4.69) is 0 Å². The van der Waals surface area contributed by atoms with Gasteiger partial charge in [0, 0.05) is 24.2 Å². The number of primary amides is 1. The molecule has 0 aliphatic carbocycles. The molecule has 0 unspecified atom stereocenters. The van der Waals surface area contributed by atoms with Gasteiger partial charge in [0.2, 0.25) is 5.91 Å². The van der Waals surface area contributed by atoms with Gasteiger partial charge in [-0.05, 0) is 31.3 Å². The largest absolute Gasteiger partial charge is 0.418 e. The smallest absolute Gasteiger partial charge is 0.366 e. The van der Waals surface area contributed by atoms with Crippen LogP contribution in [-0.4, -0.2) is 39.6 Å². The average molecular weight is 452 g/mol. The van der Waals surface area contributed by atoms with Crippen LogP contribution in [0.15, 0.2) is 41.2 Å². The van der Waals surface area contributed by atoms with E-state index >= 15 is 0 Å². The minimum atomic E-state index is -4.86. The number of alkyl halides is 3. The van der Waals surface area contributed by atoms with E-state index in [1.165, 1.54) is 28.8 Å². The quantitative estimate of drug-likeness (QED) is 0.532. The highest BCUT2D eigenvalue weighted by atomic mass is 19.4. The zero-order valence-electron chi connectivity index (χ0n) is 17.7. The maximum absolute atomic E-state index is 14.3. The van der Waals surface area contributed by atoms with Crippen LogP contribution in [0.4, 0.5) is 17.6 Å². The summed E-state index contributed by atoms with van der Waals surface area (Å²) in [5.41, 5.74) is 2.62. The Morgan fingerprint density at radius 2 is 1.75 bits per heavy atom. The summed E-state index contributed by atoms with van der Waals surface area (Å²) in [5.74, 6) is -1.67. The standard InChI is InChI=1S/C22H24F4N4O2/c1-3-28(4-2)9-10-29-18-12-15(20(27)31)11-16(22(24,25)26)19(18)30(21(29)32)13-14-7-5-6-8-17(14)23/h5-8,11-12H,3-4,9-10,13H2,1-2H3,(H2,27,31). The Hall–Kier alpha value is -3.14. The molecule has 1 heterocycles. The van der Waals surface area contributed by atoms with Crippen molar-refractivity contribution in [2.75, 3.05) is 19.6 Å². The molecule has 1 aromatic heterocycles. The molecule has 0 atom stereocenters. The van der Waals surface area contributed by atoms with E-state index < -0.39 is 34.7 Å². The fraction of sp³-hybridized carbons (Fsp3) is 0.364. The second-order valence-corrected chi connectivity index (χ2v) is 7.39. The van der Waals surface area contributed by atoms with Crippen LogP contribution in [-0.2, 0) is 19.3 Å². The molecule has 2 aromatic carbocycles. The van der Waals surface area contributed by atoms with Crippen LogP contribution >= 0.6 is 0 Å². The molecule has 0 spiro atoms. The summed E-state index contributed by atoms with van der Waals surface area (Å²) in [4.78, 5) is 27.0. The molecule has 0 bridgehead atoms. The number of fused-ring (bicyclic) bond motifs is 1. The number of nitrogens with zero attached hydrogens (tertiary/aromatic N) is 3. The molecule has 3 rings (SSSR count). The number of imidazole rings is 1. The van der Waals surface area contributed by atoms with Crippen molar-refractivity contribution in [1.82, 2.24) is 14.0 Å². The van der Waals surface area contributed by atoms with E-state index in [0.717, 1.165) is 4.57 Å². The third-order valence-electron chi connectivity index (χ3n) is 5.52. The SMILES string of the molecule is CCN(CC)CCn1c(=O)n(Cc2ccccc2F)c2c(C(F)(F)F)cc(C(N)=O)cc21. The van der Waals surface area contributed by atoms with E-state index in [4.69, 9.17) is 5.73 Å². The third-order valence-corrected chi connectivity index (χ3v) is 5.52. The number of halogens is 4. The first kappa shape index (κ1) is 23.5. The van der Waals surface area contributed by atoms with Gasteiger partial charge in [-0.2, -0.15) is 13.2 Å². The fourth-order valence-electron chi connectivity index (χ4n) is 3.75. The first-order chi connectivity index (χ1) is 15.1. The maximum Gasteiger partial charge on any atom is 0.418 e. The Kier molecular flexibility index (Phi) is 6.73. The van der Waals surface area contributed by atoms with Gasteiger partial charge in [-0.3, -0.25) is 13.9 Å². The van der Waals surface area contributed by atoms with Crippen LogP contribution in [0.3, 0.4) is 0 Å². The van der Waals surface area contributed by atoms with Gasteiger partial charge in [0.05, 0.1) is 23.1 Å². The van der Waals surface area contributed by atoms with Gasteiger partial charge in [0.15, 0.2) is 0 Å². The Morgan fingerprint density at radius 3 is 2.31 bits per heavy atom. The van der Waals surface area contributed by atoms with Gasteiger partial charge >= 0.3 is 11.9 Å². The van der Waals surface area contributed by atoms with E-state index in [0.29, 0.717) is 25.7 Å². The van der Waals surface area contributed by atoms with Crippen LogP contribution in [0.2, 0.25) is 0 Å². The van der Waals surface area contributed by atoms with Gasteiger partial charge in [-0.25, -0.2) is 9.18 Å². The second-order valence-electron chi connectivity index (χ2n) is 7.39. The lowest BCUT2D eigenvalue weighted by Gasteiger charge is -2.18. The summed E-state index contributed by atoms with van der Waals surface area (Å²) in [7, 11) is 0. The molecule has 10 heteroatoms. The van der Waals surface area contributed by atoms with Crippen molar-refractivity contribution in [3.8, 4) is 0 Å². The summed E-state index contributed by atoms with van der Waals surface area (Å²) in [6.07, 6.45) is -4.86. The highest BCUT2D eigenvalue weighted by Gasteiger charge is 2.36. The number of amides is 1. The minimum absolute atomic E-state index is 0.0675. The number of carbonyl (C=O) groups is 1. The molecule has 2 N–H and O–H groups in total. The Balaban J connectivity index is 2.31. The molecule has 1 amide bonds. The molecule has 0 saturated heterocycles. The molecule has 32 heavy (non-hydrogen) atoms. The van der Waals surface area contributed by atoms with E-state index in [1.54, 1.807) is 6.07 Å². The van der Waals surface area contributed by atoms with E-state index in [9.17, 15) is 27.2 Å². The van der Waals surface area contributed by atoms with Crippen molar-refractivity contribution < 1.29 is 22.4 Å². The zero-order valence-corrected chi connectivity index (χ0v) is 17.7. The van der Waals surface area contributed by atoms with Crippen molar-refractivity contribution in [3.63, 3.8) is 0 Å². The number of rotatable bonds is 8. The summed E-state index contributed by atoms with van der Waals surface area (Å²) in [5, 5.41) is 0. The molecule has 0 saturated carbocycles. The zero-order chi connectivity index (χ0) is 23.6. The monoisotopic (exact) mass is 452 g/mol. The van der Waals surface area contributed by atoms with E-state index in [-0.39, 0.29) is 29.7 Å². The molecule has 3 aromatic rings. The molecule has 6 nitrogen and oxygen atoms in total. The summed E-state index contributed by atoms with van der Waals surface area (Å²) < 4.78 is 58.2. The lowest BCUT2D eigenvalue weighted by Crippen LogP contribution is -2.32. The number of nitrogens with two attached hydrogens (primary N) is 1. The van der Waals surface area contributed by atoms with Crippen LogP contribution in [0.5, 0.6) is 0 Å². The molecule has 0 radical (unpaired) electrons. The number of aromatic nitrogens is 2. The summed E-state index contributed by atoms with van der Waals surface area (Å²) in [6.45, 7) is 5.37. The topological polar surface area (TPSA) is 73.3 Å². The van der Waals surface area contributed by atoms with Gasteiger partial charge in [0.1, 0.15) is 5.82 Å². The Morgan fingerprint density at radius 1 is 1.09 bits per heavy atom. The van der Waals surface area contributed by atoms with Crippen LogP contribution in [0.25, 0.3) is 11.0 Å². The molecule has 0 aliphatic rings. The number of benzene rings is 2. The Bertz CT molecular complexity index is 1190. The van der Waals surface area contributed by atoms with Crippen LogP contribution in [0, 0.1) is 5.82 Å². The van der Waals surface area contributed by atoms with Crippen LogP contribution in [0.1, 0.15) is 35.3 Å². The lowest BCUT2D eigenvalue weighted by molar-refractivity contribution is -0.136. The highest BCUT2D eigenvalue weighted by Crippen LogP contribution is 2.36. The summed E-state index contributed by atoms with van der Waals surface area (Å²) in [6, 6.07) is 7.40. The molecular weight excluding hydrogens is 428 g/mol. The molecule has 0 fully saturated rings. The number of carbonyl (C=O) groups excluding carboxylic acids is 1. The van der Waals surface area contributed by atoms with Crippen molar-refractivity contribution in [2.24, 2.45) is 5.73 Å². The van der Waals surface area contributed by atoms with Crippen LogP contribution < -0.4 is 11.4 Å². The predicted molar refractivity (Wildman–Crippen MR) is 113 cm³/mol. The molecule has 172 valence electrons. The Labute approximate surface area is 181 Å². The van der Waals surface area contributed by atoms with Crippen molar-refractivity contribution >= 4 is 16.9 Å². The first-order valence-electron chi connectivity index (χ1n) is 10.2. The maximum atomic E-state index is 14.3. The van der Waals surface area contributed by atoms with Crippen molar-refractivity contribution in [1.29, 1.82) is 0 Å². The van der Waals surface area contributed by atoms with Gasteiger partial charge < -0.3 is 10.6 Å². The van der Waals surface area contributed by atoms with Crippen molar-refractivity contribution in [2.45, 2.75) is 33.1 Å². The van der Waals surface area contributed by atoms with Gasteiger partial charge in [-0.1, -0.05) is 32.0 Å². The number of likely N-dealkylation sites (N-methyl/N-ethyl adjacent to an activating group) is 1. The number of hydrogen-bond donors (Lipinski definition) is 1. The van der Waals surface area contributed by atoms with E-state index in [1.807, 2.05) is 18.7 Å². The van der Waals surface area contributed by atoms with Crippen molar-refractivity contribution in [3.05, 3.63) is 69.4 Å². The fourth-order valence-corrected chi connectivity index (χ4v) is 3.75. The van der Waals surface area contributed by atoms with Gasteiger partial charge in [-0.15, -0.1) is 0 Å². The third kappa shape index (κ3) is 4.55. The lowest BCUT2D eigenvalue weighted by atomic mass is 10.1.